The Hall–Kier alpha value is -3.42. The van der Waals surface area contributed by atoms with Gasteiger partial charge in [0.25, 0.3) is 5.91 Å². The number of carbonyl (C=O) groups excluding carboxylic acids is 2. The first kappa shape index (κ1) is 23.9. The van der Waals surface area contributed by atoms with Crippen LogP contribution in [0.15, 0.2) is 66.7 Å². The van der Waals surface area contributed by atoms with Gasteiger partial charge in [-0.1, -0.05) is 35.3 Å². The molecule has 3 heterocycles. The average Bonchev–Trinajstić information content (AvgIpc) is 2.88. The van der Waals surface area contributed by atoms with Gasteiger partial charge in [0.2, 0.25) is 0 Å². The van der Waals surface area contributed by atoms with Gasteiger partial charge in [-0.2, -0.15) is 0 Å². The highest BCUT2D eigenvalue weighted by Crippen LogP contribution is 2.46. The maximum atomic E-state index is 13.4. The number of fused-ring (bicyclic) bond motifs is 4. The van der Waals surface area contributed by atoms with Crippen LogP contribution in [-0.2, 0) is 0 Å². The minimum absolute atomic E-state index is 0.0578. The highest BCUT2D eigenvalue weighted by molar-refractivity contribution is 6.31. The van der Waals surface area contributed by atoms with Crippen molar-refractivity contribution in [2.75, 3.05) is 36.0 Å². The Bertz CT molecular complexity index is 1390. The molecule has 0 aliphatic carbocycles. The van der Waals surface area contributed by atoms with Crippen molar-refractivity contribution in [3.05, 3.63) is 87.9 Å². The number of amides is 3. The number of hydrogen-bond acceptors (Lipinski definition) is 4. The molecule has 6 rings (SSSR count). The van der Waals surface area contributed by atoms with E-state index in [4.69, 9.17) is 27.9 Å². The Balaban J connectivity index is 1.21. The third-order valence-corrected chi connectivity index (χ3v) is 7.80. The first-order valence-electron chi connectivity index (χ1n) is 12.3. The summed E-state index contributed by atoms with van der Waals surface area (Å²) in [5, 5.41) is 4.38. The predicted octanol–water partition coefficient (Wildman–Crippen LogP) is 5.73. The van der Waals surface area contributed by atoms with Crippen LogP contribution < -0.4 is 19.9 Å². The Morgan fingerprint density at radius 3 is 2.46 bits per heavy atom. The van der Waals surface area contributed by atoms with E-state index < -0.39 is 5.72 Å². The standard InChI is InChI=1S/C28H26Cl2N4O3/c1-28-17-24(23-16-20(30)8-9-25(23)37-28)31-27(36)34(28)22-7-2-4-18(14-22)26(35)33-12-10-32(11-13-33)21-6-3-5-19(29)15-21/h2-9,14-16,24H,10-13,17H2,1H3,(H,31,36). The fraction of sp³-hybridized carbons (Fsp3) is 0.286. The van der Waals surface area contributed by atoms with E-state index in [0.29, 0.717) is 46.6 Å². The molecule has 190 valence electrons. The van der Waals surface area contributed by atoms with Crippen LogP contribution in [0.25, 0.3) is 0 Å². The summed E-state index contributed by atoms with van der Waals surface area (Å²) in [6, 6.07) is 20.0. The van der Waals surface area contributed by atoms with Gasteiger partial charge in [-0.15, -0.1) is 0 Å². The Kier molecular flexibility index (Phi) is 5.92. The first-order chi connectivity index (χ1) is 17.8. The number of hydrogen-bond donors (Lipinski definition) is 1. The molecule has 2 bridgehead atoms. The second kappa shape index (κ2) is 9.15. The van der Waals surface area contributed by atoms with Crippen LogP contribution in [0, 0.1) is 0 Å². The minimum atomic E-state index is -0.905. The number of nitrogens with one attached hydrogen (secondary N) is 1. The number of halogens is 2. The lowest BCUT2D eigenvalue weighted by Crippen LogP contribution is -2.65. The van der Waals surface area contributed by atoms with E-state index >= 15 is 0 Å². The summed E-state index contributed by atoms with van der Waals surface area (Å²) in [4.78, 5) is 32.4. The second-order valence-corrected chi connectivity index (χ2v) is 10.7. The van der Waals surface area contributed by atoms with Crippen molar-refractivity contribution in [1.82, 2.24) is 10.2 Å². The molecule has 2 unspecified atom stereocenters. The van der Waals surface area contributed by atoms with E-state index in [2.05, 4.69) is 10.2 Å². The molecule has 37 heavy (non-hydrogen) atoms. The fourth-order valence-corrected chi connectivity index (χ4v) is 5.90. The van der Waals surface area contributed by atoms with Crippen molar-refractivity contribution in [2.45, 2.75) is 25.1 Å². The molecular weight excluding hydrogens is 511 g/mol. The zero-order chi connectivity index (χ0) is 25.7. The molecule has 3 aromatic rings. The number of nitrogens with zero attached hydrogens (tertiary/aromatic N) is 3. The van der Waals surface area contributed by atoms with E-state index in [0.717, 1.165) is 24.3 Å². The van der Waals surface area contributed by atoms with Crippen LogP contribution in [0.2, 0.25) is 10.0 Å². The third-order valence-electron chi connectivity index (χ3n) is 7.33. The summed E-state index contributed by atoms with van der Waals surface area (Å²) < 4.78 is 6.36. The van der Waals surface area contributed by atoms with Crippen molar-refractivity contribution in [1.29, 1.82) is 0 Å². The maximum absolute atomic E-state index is 13.4. The Morgan fingerprint density at radius 2 is 1.68 bits per heavy atom. The van der Waals surface area contributed by atoms with Gasteiger partial charge in [0.15, 0.2) is 5.72 Å². The van der Waals surface area contributed by atoms with Gasteiger partial charge in [0, 0.05) is 59.5 Å². The van der Waals surface area contributed by atoms with Crippen molar-refractivity contribution in [3.8, 4) is 5.75 Å². The van der Waals surface area contributed by atoms with Crippen molar-refractivity contribution < 1.29 is 14.3 Å². The normalized spacial score (nSPS) is 22.7. The molecule has 0 radical (unpaired) electrons. The lowest BCUT2D eigenvalue weighted by Gasteiger charge is -2.50. The first-order valence-corrected chi connectivity index (χ1v) is 13.1. The van der Waals surface area contributed by atoms with Gasteiger partial charge in [-0.05, 0) is 61.5 Å². The highest BCUT2D eigenvalue weighted by atomic mass is 35.5. The maximum Gasteiger partial charge on any atom is 0.325 e. The summed E-state index contributed by atoms with van der Waals surface area (Å²) in [7, 11) is 0. The molecule has 2 fully saturated rings. The molecule has 0 aromatic heterocycles. The topological polar surface area (TPSA) is 65.1 Å². The smallest absolute Gasteiger partial charge is 0.325 e. The molecule has 7 nitrogen and oxygen atoms in total. The summed E-state index contributed by atoms with van der Waals surface area (Å²) in [5.41, 5.74) is 2.17. The fourth-order valence-electron chi connectivity index (χ4n) is 5.54. The molecule has 1 N–H and O–H groups in total. The summed E-state index contributed by atoms with van der Waals surface area (Å²) >= 11 is 12.3. The number of carbonyl (C=O) groups is 2. The predicted molar refractivity (Wildman–Crippen MR) is 145 cm³/mol. The van der Waals surface area contributed by atoms with E-state index in [1.807, 2.05) is 60.4 Å². The van der Waals surface area contributed by atoms with Gasteiger partial charge in [-0.25, -0.2) is 4.79 Å². The van der Waals surface area contributed by atoms with Crippen LogP contribution in [-0.4, -0.2) is 48.7 Å². The van der Waals surface area contributed by atoms with Crippen LogP contribution in [0.3, 0.4) is 0 Å². The monoisotopic (exact) mass is 536 g/mol. The van der Waals surface area contributed by atoms with Crippen molar-refractivity contribution in [2.24, 2.45) is 0 Å². The minimum Gasteiger partial charge on any atom is -0.467 e. The van der Waals surface area contributed by atoms with Gasteiger partial charge < -0.3 is 19.9 Å². The number of ether oxygens (including phenoxy) is 1. The lowest BCUT2D eigenvalue weighted by molar-refractivity contribution is 0.0378. The van der Waals surface area contributed by atoms with Crippen LogP contribution in [0.5, 0.6) is 5.75 Å². The van der Waals surface area contributed by atoms with Crippen LogP contribution in [0.1, 0.15) is 35.3 Å². The molecule has 3 aliphatic heterocycles. The number of piperazine rings is 1. The Labute approximate surface area is 225 Å². The van der Waals surface area contributed by atoms with E-state index in [9.17, 15) is 9.59 Å². The molecule has 3 aromatic carbocycles. The molecule has 2 atom stereocenters. The van der Waals surface area contributed by atoms with Crippen molar-refractivity contribution >= 4 is 46.5 Å². The van der Waals surface area contributed by atoms with E-state index in [-0.39, 0.29) is 18.0 Å². The number of benzene rings is 3. The number of rotatable bonds is 3. The number of urea groups is 1. The lowest BCUT2D eigenvalue weighted by atomic mass is 9.90. The average molecular weight is 537 g/mol. The van der Waals surface area contributed by atoms with Gasteiger partial charge in [-0.3, -0.25) is 9.69 Å². The van der Waals surface area contributed by atoms with Gasteiger partial charge in [0.1, 0.15) is 5.75 Å². The largest absolute Gasteiger partial charge is 0.467 e. The second-order valence-electron chi connectivity index (χ2n) is 9.81. The van der Waals surface area contributed by atoms with Crippen LogP contribution in [0.4, 0.5) is 16.2 Å². The van der Waals surface area contributed by atoms with Gasteiger partial charge >= 0.3 is 6.03 Å². The summed E-state index contributed by atoms with van der Waals surface area (Å²) in [6.45, 7) is 4.54. The van der Waals surface area contributed by atoms with E-state index in [1.165, 1.54) is 0 Å². The zero-order valence-electron chi connectivity index (χ0n) is 20.3. The molecule has 0 saturated carbocycles. The SMILES string of the molecule is CC12CC(NC(=O)N1c1cccc(C(=O)N3CCN(c4cccc(Cl)c4)CC3)c1)c1cc(Cl)ccc1O2. The molecule has 3 amide bonds. The Morgan fingerprint density at radius 1 is 0.946 bits per heavy atom. The molecule has 2 saturated heterocycles. The van der Waals surface area contributed by atoms with Crippen molar-refractivity contribution in [3.63, 3.8) is 0 Å². The van der Waals surface area contributed by atoms with E-state index in [1.54, 1.807) is 23.1 Å². The summed E-state index contributed by atoms with van der Waals surface area (Å²) in [5.74, 6) is 0.635. The number of anilines is 2. The van der Waals surface area contributed by atoms with Gasteiger partial charge in [0.05, 0.1) is 11.7 Å². The molecular formula is C28H26Cl2N4O3. The quantitative estimate of drug-likeness (QED) is 0.464. The molecule has 9 heteroatoms. The zero-order valence-corrected chi connectivity index (χ0v) is 21.8. The third kappa shape index (κ3) is 4.36. The van der Waals surface area contributed by atoms with Crippen LogP contribution >= 0.6 is 23.2 Å². The molecule has 3 aliphatic rings. The molecule has 0 spiro atoms. The summed E-state index contributed by atoms with van der Waals surface area (Å²) in [6.07, 6.45) is 0.551. The highest BCUT2D eigenvalue weighted by Gasteiger charge is 2.50.